The van der Waals surface area contributed by atoms with E-state index >= 15 is 0 Å². The Morgan fingerprint density at radius 1 is 0.964 bits per heavy atom. The lowest BCUT2D eigenvalue weighted by atomic mass is 10.3. The fourth-order valence-corrected chi connectivity index (χ4v) is 2.68. The standard InChI is InChI=1S/C18H13F3N6O/c19-18(20,21)28-12-7-5-11(6-8-12)26-16-15(22)17(24-9-23-16)27-10-25-13-3-1-2-4-14(13)27/h1-10H,22H2,(H,23,24,26). The number of halogens is 3. The van der Waals surface area contributed by atoms with Crippen LogP contribution in [-0.2, 0) is 0 Å². The molecule has 2 heterocycles. The number of aromatic nitrogens is 4. The van der Waals surface area contributed by atoms with Crippen molar-refractivity contribution in [1.82, 2.24) is 19.5 Å². The summed E-state index contributed by atoms with van der Waals surface area (Å²) in [5.41, 5.74) is 8.58. The zero-order chi connectivity index (χ0) is 19.7. The van der Waals surface area contributed by atoms with Crippen molar-refractivity contribution in [3.05, 3.63) is 61.2 Å². The van der Waals surface area contributed by atoms with Crippen LogP contribution in [0.1, 0.15) is 0 Å². The number of benzene rings is 2. The zero-order valence-electron chi connectivity index (χ0n) is 14.2. The number of alkyl halides is 3. The van der Waals surface area contributed by atoms with Gasteiger partial charge in [-0.1, -0.05) is 12.1 Å². The van der Waals surface area contributed by atoms with Gasteiger partial charge in [-0.3, -0.25) is 4.57 Å². The SMILES string of the molecule is Nc1c(Nc2ccc(OC(F)(F)F)cc2)ncnc1-n1cnc2ccccc21. The smallest absolute Gasteiger partial charge is 0.406 e. The van der Waals surface area contributed by atoms with E-state index in [0.29, 0.717) is 17.3 Å². The van der Waals surface area contributed by atoms with Gasteiger partial charge in [-0.15, -0.1) is 13.2 Å². The highest BCUT2D eigenvalue weighted by Crippen LogP contribution is 2.29. The third-order valence-electron chi connectivity index (χ3n) is 3.90. The normalized spacial score (nSPS) is 11.5. The fourth-order valence-electron chi connectivity index (χ4n) is 2.68. The van der Waals surface area contributed by atoms with Crippen molar-refractivity contribution in [3.63, 3.8) is 0 Å². The molecule has 4 aromatic rings. The summed E-state index contributed by atoms with van der Waals surface area (Å²) in [6.45, 7) is 0. The summed E-state index contributed by atoms with van der Waals surface area (Å²) < 4.78 is 42.3. The number of nitrogen functional groups attached to an aromatic ring is 1. The lowest BCUT2D eigenvalue weighted by molar-refractivity contribution is -0.274. The van der Waals surface area contributed by atoms with Crippen molar-refractivity contribution in [2.45, 2.75) is 6.36 Å². The summed E-state index contributed by atoms with van der Waals surface area (Å²) in [6.07, 6.45) is -1.80. The highest BCUT2D eigenvalue weighted by Gasteiger charge is 2.30. The predicted molar refractivity (Wildman–Crippen MR) is 97.5 cm³/mol. The van der Waals surface area contributed by atoms with E-state index in [9.17, 15) is 13.2 Å². The molecular formula is C18H13F3N6O. The van der Waals surface area contributed by atoms with Gasteiger partial charge in [0.25, 0.3) is 0 Å². The van der Waals surface area contributed by atoms with Crippen LogP contribution in [0.3, 0.4) is 0 Å². The lowest BCUT2D eigenvalue weighted by Gasteiger charge is -2.13. The van der Waals surface area contributed by atoms with Gasteiger partial charge in [0.05, 0.1) is 11.0 Å². The Bertz CT molecular complexity index is 1120. The number of hydrogen-bond donors (Lipinski definition) is 2. The van der Waals surface area contributed by atoms with E-state index in [4.69, 9.17) is 5.73 Å². The van der Waals surface area contributed by atoms with Gasteiger partial charge in [-0.25, -0.2) is 15.0 Å². The molecule has 2 aromatic carbocycles. The maximum atomic E-state index is 12.3. The Morgan fingerprint density at radius 2 is 1.71 bits per heavy atom. The van der Waals surface area contributed by atoms with E-state index in [-0.39, 0.29) is 11.4 Å². The van der Waals surface area contributed by atoms with Crippen LogP contribution in [0, 0.1) is 0 Å². The second-order valence-electron chi connectivity index (χ2n) is 5.76. The second-order valence-corrected chi connectivity index (χ2v) is 5.76. The Morgan fingerprint density at radius 3 is 2.46 bits per heavy atom. The summed E-state index contributed by atoms with van der Waals surface area (Å²) in [6, 6.07) is 12.7. The van der Waals surface area contributed by atoms with Gasteiger partial charge in [-0.05, 0) is 36.4 Å². The first-order valence-electron chi connectivity index (χ1n) is 8.06. The van der Waals surface area contributed by atoms with Gasteiger partial charge >= 0.3 is 6.36 Å². The summed E-state index contributed by atoms with van der Waals surface area (Å²) in [7, 11) is 0. The van der Waals surface area contributed by atoms with Gasteiger partial charge in [0.2, 0.25) is 0 Å². The summed E-state index contributed by atoms with van der Waals surface area (Å²) in [5, 5.41) is 2.97. The summed E-state index contributed by atoms with van der Waals surface area (Å²) in [5.74, 6) is 0.426. The first-order valence-corrected chi connectivity index (χ1v) is 8.06. The van der Waals surface area contributed by atoms with Crippen molar-refractivity contribution in [2.75, 3.05) is 11.1 Å². The van der Waals surface area contributed by atoms with Crippen molar-refractivity contribution >= 4 is 28.2 Å². The van der Waals surface area contributed by atoms with E-state index < -0.39 is 6.36 Å². The minimum Gasteiger partial charge on any atom is -0.406 e. The number of hydrogen-bond acceptors (Lipinski definition) is 6. The Kier molecular flexibility index (Phi) is 4.22. The molecule has 0 unspecified atom stereocenters. The largest absolute Gasteiger partial charge is 0.573 e. The minimum atomic E-state index is -4.74. The maximum absolute atomic E-state index is 12.3. The molecule has 28 heavy (non-hydrogen) atoms. The first-order chi connectivity index (χ1) is 13.4. The lowest BCUT2D eigenvalue weighted by Crippen LogP contribution is -2.17. The molecule has 0 fully saturated rings. The average Bonchev–Trinajstić information content (AvgIpc) is 3.08. The van der Waals surface area contributed by atoms with Gasteiger partial charge in [0, 0.05) is 5.69 Å². The average molecular weight is 386 g/mol. The quantitative estimate of drug-likeness (QED) is 0.550. The van der Waals surface area contributed by atoms with Gasteiger partial charge in [0.15, 0.2) is 11.6 Å². The van der Waals surface area contributed by atoms with Crippen molar-refractivity contribution in [2.24, 2.45) is 0 Å². The topological polar surface area (TPSA) is 90.9 Å². The molecule has 0 aliphatic rings. The fraction of sp³-hybridized carbons (Fsp3) is 0.0556. The number of nitrogens with one attached hydrogen (secondary N) is 1. The third-order valence-corrected chi connectivity index (χ3v) is 3.90. The van der Waals surface area contributed by atoms with E-state index in [1.807, 2.05) is 24.3 Å². The van der Waals surface area contributed by atoms with Crippen LogP contribution >= 0.6 is 0 Å². The molecule has 2 aromatic heterocycles. The Hall–Kier alpha value is -3.82. The Balaban J connectivity index is 1.62. The molecule has 3 N–H and O–H groups in total. The molecule has 0 atom stereocenters. The molecule has 7 nitrogen and oxygen atoms in total. The predicted octanol–water partition coefficient (Wildman–Crippen LogP) is 4.04. The molecule has 0 amide bonds. The molecule has 10 heteroatoms. The number of rotatable bonds is 4. The molecular weight excluding hydrogens is 373 g/mol. The van der Waals surface area contributed by atoms with Crippen LogP contribution in [0.2, 0.25) is 0 Å². The molecule has 0 radical (unpaired) electrons. The first kappa shape index (κ1) is 17.6. The van der Waals surface area contributed by atoms with Gasteiger partial charge in [-0.2, -0.15) is 0 Å². The number of para-hydroxylation sites is 2. The number of anilines is 3. The minimum absolute atomic E-state index is 0.265. The van der Waals surface area contributed by atoms with E-state index in [2.05, 4.69) is 25.0 Å². The molecule has 0 aliphatic heterocycles. The number of imidazole rings is 1. The molecule has 0 saturated carbocycles. The van der Waals surface area contributed by atoms with E-state index in [1.54, 1.807) is 10.9 Å². The van der Waals surface area contributed by atoms with Crippen molar-refractivity contribution in [3.8, 4) is 11.6 Å². The van der Waals surface area contributed by atoms with Crippen molar-refractivity contribution < 1.29 is 17.9 Å². The maximum Gasteiger partial charge on any atom is 0.573 e. The van der Waals surface area contributed by atoms with E-state index in [0.717, 1.165) is 11.0 Å². The molecule has 0 saturated heterocycles. The molecule has 0 spiro atoms. The van der Waals surface area contributed by atoms with Crippen LogP contribution in [0.5, 0.6) is 5.75 Å². The van der Waals surface area contributed by atoms with Crippen LogP contribution in [-0.4, -0.2) is 25.9 Å². The number of nitrogens with two attached hydrogens (primary N) is 1. The Labute approximate surface area is 156 Å². The summed E-state index contributed by atoms with van der Waals surface area (Å²) in [4.78, 5) is 12.7. The zero-order valence-corrected chi connectivity index (χ0v) is 14.2. The molecule has 0 aliphatic carbocycles. The highest BCUT2D eigenvalue weighted by atomic mass is 19.4. The van der Waals surface area contributed by atoms with Crippen molar-refractivity contribution in [1.29, 1.82) is 0 Å². The number of nitrogens with zero attached hydrogens (tertiary/aromatic N) is 4. The molecule has 0 bridgehead atoms. The van der Waals surface area contributed by atoms with Crippen LogP contribution in [0.4, 0.5) is 30.4 Å². The molecule has 142 valence electrons. The second kappa shape index (κ2) is 6.72. The molecule has 4 rings (SSSR count). The number of fused-ring (bicyclic) bond motifs is 1. The third kappa shape index (κ3) is 3.52. The summed E-state index contributed by atoms with van der Waals surface area (Å²) >= 11 is 0. The van der Waals surface area contributed by atoms with Crippen LogP contribution in [0.15, 0.2) is 61.2 Å². The van der Waals surface area contributed by atoms with Crippen LogP contribution < -0.4 is 15.8 Å². The monoisotopic (exact) mass is 386 g/mol. The van der Waals surface area contributed by atoms with Gasteiger partial charge in [0.1, 0.15) is 24.1 Å². The van der Waals surface area contributed by atoms with Gasteiger partial charge < -0.3 is 15.8 Å². The highest BCUT2D eigenvalue weighted by molar-refractivity contribution is 5.81. The number of ether oxygens (including phenoxy) is 1. The van der Waals surface area contributed by atoms with Crippen LogP contribution in [0.25, 0.3) is 16.9 Å². The van der Waals surface area contributed by atoms with E-state index in [1.165, 1.54) is 30.6 Å².